The van der Waals surface area contributed by atoms with Gasteiger partial charge in [-0.3, -0.25) is 4.90 Å². The van der Waals surface area contributed by atoms with Crippen molar-refractivity contribution in [3.05, 3.63) is 35.7 Å². The molecule has 1 aromatic heterocycles. The molecule has 0 bridgehead atoms. The first-order valence-corrected chi connectivity index (χ1v) is 9.63. The van der Waals surface area contributed by atoms with Gasteiger partial charge in [0.15, 0.2) is 5.82 Å². The molecule has 2 heterocycles. The zero-order chi connectivity index (χ0) is 17.1. The van der Waals surface area contributed by atoms with Crippen molar-refractivity contribution < 1.29 is 5.11 Å². The first-order valence-electron chi connectivity index (χ1n) is 9.63. The van der Waals surface area contributed by atoms with Crippen LogP contribution in [-0.4, -0.2) is 43.3 Å². The highest BCUT2D eigenvalue weighted by Crippen LogP contribution is 2.34. The van der Waals surface area contributed by atoms with E-state index in [0.29, 0.717) is 11.8 Å². The SMILES string of the molecule is Oc1ccc(C(c2nnnn2C2CCCCC2)N2CCCCC2)cc1. The van der Waals surface area contributed by atoms with E-state index in [-0.39, 0.29) is 6.04 Å². The smallest absolute Gasteiger partial charge is 0.173 e. The van der Waals surface area contributed by atoms with Crippen LogP contribution in [0.25, 0.3) is 0 Å². The van der Waals surface area contributed by atoms with Crippen molar-refractivity contribution in [2.24, 2.45) is 0 Å². The number of aromatic hydroxyl groups is 1. The number of tetrazole rings is 1. The maximum Gasteiger partial charge on any atom is 0.173 e. The van der Waals surface area contributed by atoms with Crippen molar-refractivity contribution in [3.63, 3.8) is 0 Å². The van der Waals surface area contributed by atoms with Crippen LogP contribution in [0, 0.1) is 0 Å². The van der Waals surface area contributed by atoms with Gasteiger partial charge in [0.25, 0.3) is 0 Å². The van der Waals surface area contributed by atoms with E-state index < -0.39 is 0 Å². The van der Waals surface area contributed by atoms with Crippen LogP contribution < -0.4 is 0 Å². The van der Waals surface area contributed by atoms with Gasteiger partial charge < -0.3 is 5.11 Å². The number of benzene rings is 1. The molecule has 1 atom stereocenters. The number of phenolic OH excluding ortho intramolecular Hbond substituents is 1. The average molecular weight is 341 g/mol. The van der Waals surface area contributed by atoms with E-state index in [0.717, 1.165) is 24.5 Å². The minimum Gasteiger partial charge on any atom is -0.508 e. The zero-order valence-electron chi connectivity index (χ0n) is 14.7. The Labute approximate surface area is 148 Å². The number of hydrogen-bond acceptors (Lipinski definition) is 5. The molecule has 1 N–H and O–H groups in total. The van der Waals surface area contributed by atoms with Gasteiger partial charge >= 0.3 is 0 Å². The Bertz CT molecular complexity index is 671. The van der Waals surface area contributed by atoms with Gasteiger partial charge in [-0.25, -0.2) is 4.68 Å². The molecule has 1 aromatic carbocycles. The first kappa shape index (κ1) is 16.5. The number of piperidine rings is 1. The van der Waals surface area contributed by atoms with E-state index in [1.807, 2.05) is 12.1 Å². The summed E-state index contributed by atoms with van der Waals surface area (Å²) >= 11 is 0. The Morgan fingerprint density at radius 1 is 0.920 bits per heavy atom. The van der Waals surface area contributed by atoms with Crippen LogP contribution in [0.5, 0.6) is 5.75 Å². The maximum atomic E-state index is 9.68. The Kier molecular flexibility index (Phi) is 4.97. The van der Waals surface area contributed by atoms with E-state index in [4.69, 9.17) is 0 Å². The molecule has 2 fully saturated rings. The molecular formula is C19H27N5O. The summed E-state index contributed by atoms with van der Waals surface area (Å²) in [6.07, 6.45) is 9.92. The minimum atomic E-state index is 0.0674. The number of aromatic nitrogens is 4. The Hall–Kier alpha value is -1.95. The van der Waals surface area contributed by atoms with Crippen LogP contribution in [0.4, 0.5) is 0 Å². The standard InChI is InChI=1S/C19H27N5O/c25-17-11-9-15(10-12-17)18(23-13-5-2-6-14-23)19-20-21-22-24(19)16-7-3-1-4-8-16/h9-12,16,18,25H,1-8,13-14H2. The fraction of sp³-hybridized carbons (Fsp3) is 0.632. The number of phenols is 1. The van der Waals surface area contributed by atoms with Crippen molar-refractivity contribution in [1.82, 2.24) is 25.1 Å². The van der Waals surface area contributed by atoms with E-state index in [1.165, 1.54) is 51.4 Å². The van der Waals surface area contributed by atoms with Gasteiger partial charge in [0.2, 0.25) is 0 Å². The van der Waals surface area contributed by atoms with E-state index in [2.05, 4.69) is 25.1 Å². The molecule has 25 heavy (non-hydrogen) atoms. The Morgan fingerprint density at radius 2 is 1.60 bits per heavy atom. The maximum absolute atomic E-state index is 9.68. The summed E-state index contributed by atoms with van der Waals surface area (Å²) in [7, 11) is 0. The minimum absolute atomic E-state index is 0.0674. The van der Waals surface area contributed by atoms with Crippen LogP contribution in [-0.2, 0) is 0 Å². The molecule has 4 rings (SSSR count). The molecule has 0 spiro atoms. The zero-order valence-corrected chi connectivity index (χ0v) is 14.7. The predicted molar refractivity (Wildman–Crippen MR) is 95.3 cm³/mol. The normalized spacial score (nSPS) is 21.3. The third kappa shape index (κ3) is 3.54. The monoisotopic (exact) mass is 341 g/mol. The second kappa shape index (κ2) is 7.52. The summed E-state index contributed by atoms with van der Waals surface area (Å²) in [5.41, 5.74) is 1.16. The Balaban J connectivity index is 1.70. The summed E-state index contributed by atoms with van der Waals surface area (Å²) < 4.78 is 2.09. The summed E-state index contributed by atoms with van der Waals surface area (Å²) in [5.74, 6) is 1.26. The second-order valence-electron chi connectivity index (χ2n) is 7.36. The van der Waals surface area contributed by atoms with Crippen molar-refractivity contribution in [2.45, 2.75) is 63.5 Å². The van der Waals surface area contributed by atoms with Crippen LogP contribution in [0.15, 0.2) is 24.3 Å². The molecule has 0 amide bonds. The highest BCUT2D eigenvalue weighted by Gasteiger charge is 2.31. The largest absolute Gasteiger partial charge is 0.508 e. The molecule has 1 saturated heterocycles. The molecule has 6 heteroatoms. The molecular weight excluding hydrogens is 314 g/mol. The van der Waals surface area contributed by atoms with Gasteiger partial charge in [-0.05, 0) is 66.9 Å². The highest BCUT2D eigenvalue weighted by atomic mass is 16.3. The molecule has 1 aliphatic carbocycles. The van der Waals surface area contributed by atoms with Gasteiger partial charge in [-0.15, -0.1) is 5.10 Å². The quantitative estimate of drug-likeness (QED) is 0.922. The van der Waals surface area contributed by atoms with Crippen molar-refractivity contribution in [3.8, 4) is 5.75 Å². The molecule has 134 valence electrons. The first-order chi connectivity index (χ1) is 12.3. The average Bonchev–Trinajstić information content (AvgIpc) is 3.14. The number of hydrogen-bond donors (Lipinski definition) is 1. The lowest BCUT2D eigenvalue weighted by molar-refractivity contribution is 0.172. The highest BCUT2D eigenvalue weighted by molar-refractivity contribution is 5.31. The molecule has 2 aromatic rings. The van der Waals surface area contributed by atoms with Crippen molar-refractivity contribution in [1.29, 1.82) is 0 Å². The van der Waals surface area contributed by atoms with Crippen LogP contribution in [0.2, 0.25) is 0 Å². The predicted octanol–water partition coefficient (Wildman–Crippen LogP) is 3.46. The topological polar surface area (TPSA) is 67.1 Å². The molecule has 2 aliphatic rings. The summed E-state index contributed by atoms with van der Waals surface area (Å²) in [6.45, 7) is 2.14. The Morgan fingerprint density at radius 3 is 2.32 bits per heavy atom. The molecule has 6 nitrogen and oxygen atoms in total. The summed E-state index contributed by atoms with van der Waals surface area (Å²) in [4.78, 5) is 2.50. The summed E-state index contributed by atoms with van der Waals surface area (Å²) in [5, 5.41) is 22.6. The van der Waals surface area contributed by atoms with Gasteiger partial charge in [0.05, 0.1) is 12.1 Å². The van der Waals surface area contributed by atoms with E-state index in [1.54, 1.807) is 12.1 Å². The van der Waals surface area contributed by atoms with Crippen molar-refractivity contribution in [2.75, 3.05) is 13.1 Å². The van der Waals surface area contributed by atoms with Crippen LogP contribution >= 0.6 is 0 Å². The fourth-order valence-corrected chi connectivity index (χ4v) is 4.32. The third-order valence-corrected chi connectivity index (χ3v) is 5.65. The fourth-order valence-electron chi connectivity index (χ4n) is 4.32. The van der Waals surface area contributed by atoms with Crippen molar-refractivity contribution >= 4 is 0 Å². The van der Waals surface area contributed by atoms with Gasteiger partial charge in [-0.1, -0.05) is 37.8 Å². The summed E-state index contributed by atoms with van der Waals surface area (Å²) in [6, 6.07) is 8.03. The molecule has 1 aliphatic heterocycles. The lowest BCUT2D eigenvalue weighted by Crippen LogP contribution is -2.36. The number of likely N-dealkylation sites (tertiary alicyclic amines) is 1. The second-order valence-corrected chi connectivity index (χ2v) is 7.36. The van der Waals surface area contributed by atoms with Crippen LogP contribution in [0.1, 0.15) is 74.8 Å². The number of rotatable bonds is 4. The molecule has 1 saturated carbocycles. The lowest BCUT2D eigenvalue weighted by Gasteiger charge is -2.35. The van der Waals surface area contributed by atoms with Crippen LogP contribution in [0.3, 0.4) is 0 Å². The van der Waals surface area contributed by atoms with Gasteiger partial charge in [0, 0.05) is 0 Å². The lowest BCUT2D eigenvalue weighted by atomic mass is 9.94. The van der Waals surface area contributed by atoms with E-state index in [9.17, 15) is 5.11 Å². The molecule has 1 unspecified atom stereocenters. The number of nitrogens with zero attached hydrogens (tertiary/aromatic N) is 5. The van der Waals surface area contributed by atoms with E-state index >= 15 is 0 Å². The molecule has 0 radical (unpaired) electrons. The van der Waals surface area contributed by atoms with Gasteiger partial charge in [-0.2, -0.15) is 0 Å². The third-order valence-electron chi connectivity index (χ3n) is 5.65. The van der Waals surface area contributed by atoms with Gasteiger partial charge in [0.1, 0.15) is 5.75 Å².